The second kappa shape index (κ2) is 6.42. The molecule has 1 atom stereocenters. The van der Waals surface area contributed by atoms with Crippen LogP contribution in [0.3, 0.4) is 0 Å². The molecule has 0 aliphatic carbocycles. The Morgan fingerprint density at radius 3 is 2.67 bits per heavy atom. The molecule has 2 heterocycles. The van der Waals surface area contributed by atoms with Crippen molar-refractivity contribution < 1.29 is 4.79 Å². The maximum atomic E-state index is 12.5. The van der Waals surface area contributed by atoms with Crippen molar-refractivity contribution in [2.45, 2.75) is 23.5 Å². The SMILES string of the molecule is Cc1nc(-c2ccc(NC(=O)C3Cc4ccccc4S3)cc2)cs1. The Bertz CT molecular complexity index is 861. The van der Waals surface area contributed by atoms with Crippen LogP contribution in [0.4, 0.5) is 5.69 Å². The zero-order chi connectivity index (χ0) is 16.5. The van der Waals surface area contributed by atoms with Crippen molar-refractivity contribution >= 4 is 34.7 Å². The molecule has 120 valence electrons. The van der Waals surface area contributed by atoms with Crippen LogP contribution in [0.15, 0.2) is 58.8 Å². The molecule has 0 fully saturated rings. The Labute approximate surface area is 149 Å². The number of benzene rings is 2. The highest BCUT2D eigenvalue weighted by Crippen LogP contribution is 2.37. The van der Waals surface area contributed by atoms with Crippen molar-refractivity contribution in [1.29, 1.82) is 0 Å². The van der Waals surface area contributed by atoms with Gasteiger partial charge >= 0.3 is 0 Å². The lowest BCUT2D eigenvalue weighted by Crippen LogP contribution is -2.24. The van der Waals surface area contributed by atoms with Gasteiger partial charge in [-0.05, 0) is 37.1 Å². The number of aromatic nitrogens is 1. The molecule has 1 amide bonds. The molecule has 3 aromatic rings. The third-order valence-corrected chi connectivity index (χ3v) is 6.10. The van der Waals surface area contributed by atoms with Gasteiger partial charge < -0.3 is 5.32 Å². The van der Waals surface area contributed by atoms with Gasteiger partial charge in [-0.15, -0.1) is 23.1 Å². The van der Waals surface area contributed by atoms with E-state index < -0.39 is 0 Å². The first kappa shape index (κ1) is 15.4. The Hall–Kier alpha value is -2.11. The quantitative estimate of drug-likeness (QED) is 0.738. The van der Waals surface area contributed by atoms with Gasteiger partial charge in [-0.3, -0.25) is 4.79 Å². The van der Waals surface area contributed by atoms with Crippen molar-refractivity contribution in [2.75, 3.05) is 5.32 Å². The van der Waals surface area contributed by atoms with Crippen LogP contribution >= 0.6 is 23.1 Å². The van der Waals surface area contributed by atoms with E-state index >= 15 is 0 Å². The second-order valence-electron chi connectivity index (χ2n) is 5.74. The van der Waals surface area contributed by atoms with Crippen LogP contribution in [0.5, 0.6) is 0 Å². The summed E-state index contributed by atoms with van der Waals surface area (Å²) in [6.07, 6.45) is 0.795. The Kier molecular flexibility index (Phi) is 4.12. The van der Waals surface area contributed by atoms with E-state index in [0.29, 0.717) is 0 Å². The molecule has 0 spiro atoms. The number of rotatable bonds is 3. The lowest BCUT2D eigenvalue weighted by Gasteiger charge is -2.10. The minimum absolute atomic E-state index is 0.0525. The van der Waals surface area contributed by atoms with Crippen molar-refractivity contribution in [1.82, 2.24) is 4.98 Å². The average Bonchev–Trinajstić information content (AvgIpc) is 3.21. The number of nitrogens with one attached hydrogen (secondary N) is 1. The molecule has 4 rings (SSSR count). The number of thiazole rings is 1. The van der Waals surface area contributed by atoms with Crippen LogP contribution in [0.2, 0.25) is 0 Å². The largest absolute Gasteiger partial charge is 0.325 e. The van der Waals surface area contributed by atoms with Crippen LogP contribution in [-0.2, 0) is 11.2 Å². The molecule has 3 nitrogen and oxygen atoms in total. The normalized spacial score (nSPS) is 16.0. The first-order valence-corrected chi connectivity index (χ1v) is 9.53. The van der Waals surface area contributed by atoms with Gasteiger partial charge in [0.1, 0.15) is 0 Å². The summed E-state index contributed by atoms with van der Waals surface area (Å²) in [6.45, 7) is 2.00. The van der Waals surface area contributed by atoms with Gasteiger partial charge in [-0.25, -0.2) is 4.98 Å². The molecule has 0 radical (unpaired) electrons. The molecule has 5 heteroatoms. The van der Waals surface area contributed by atoms with Gasteiger partial charge in [0.05, 0.1) is 16.0 Å². The zero-order valence-corrected chi connectivity index (χ0v) is 14.8. The summed E-state index contributed by atoms with van der Waals surface area (Å²) in [6, 6.07) is 16.1. The number of aryl methyl sites for hydroxylation is 1. The number of hydrogen-bond donors (Lipinski definition) is 1. The molecule has 0 saturated heterocycles. The van der Waals surface area contributed by atoms with Crippen molar-refractivity contribution in [3.05, 3.63) is 64.5 Å². The van der Waals surface area contributed by atoms with E-state index in [1.165, 1.54) is 10.5 Å². The lowest BCUT2D eigenvalue weighted by molar-refractivity contribution is -0.115. The molecular weight excluding hydrogens is 336 g/mol. The highest BCUT2D eigenvalue weighted by atomic mass is 32.2. The lowest BCUT2D eigenvalue weighted by atomic mass is 10.1. The van der Waals surface area contributed by atoms with Crippen LogP contribution < -0.4 is 5.32 Å². The monoisotopic (exact) mass is 352 g/mol. The number of anilines is 1. The third-order valence-electron chi connectivity index (χ3n) is 4.01. The Morgan fingerprint density at radius 2 is 1.96 bits per heavy atom. The van der Waals surface area contributed by atoms with Crippen LogP contribution in [0.1, 0.15) is 10.6 Å². The minimum atomic E-state index is -0.0525. The number of thioether (sulfide) groups is 1. The predicted octanol–water partition coefficient (Wildman–Crippen LogP) is 4.77. The van der Waals surface area contributed by atoms with Crippen LogP contribution in [0, 0.1) is 6.92 Å². The highest BCUT2D eigenvalue weighted by Gasteiger charge is 2.27. The van der Waals surface area contributed by atoms with Gasteiger partial charge in [0, 0.05) is 21.5 Å². The molecule has 24 heavy (non-hydrogen) atoms. The van der Waals surface area contributed by atoms with Gasteiger partial charge in [0.25, 0.3) is 0 Å². The summed E-state index contributed by atoms with van der Waals surface area (Å²) in [5.74, 6) is 0.0634. The van der Waals surface area contributed by atoms with E-state index in [2.05, 4.69) is 27.8 Å². The fraction of sp³-hybridized carbons (Fsp3) is 0.158. The summed E-state index contributed by atoms with van der Waals surface area (Å²) in [4.78, 5) is 18.2. The number of nitrogens with zero attached hydrogens (tertiary/aromatic N) is 1. The highest BCUT2D eigenvalue weighted by molar-refractivity contribution is 8.01. The first-order chi connectivity index (χ1) is 11.7. The second-order valence-corrected chi connectivity index (χ2v) is 8.04. The molecule has 0 bridgehead atoms. The van der Waals surface area contributed by atoms with Crippen molar-refractivity contribution in [3.63, 3.8) is 0 Å². The van der Waals surface area contributed by atoms with E-state index in [1.54, 1.807) is 23.1 Å². The molecule has 2 aromatic carbocycles. The Morgan fingerprint density at radius 1 is 1.17 bits per heavy atom. The smallest absolute Gasteiger partial charge is 0.238 e. The van der Waals surface area contributed by atoms with Gasteiger partial charge in [0.2, 0.25) is 5.91 Å². The van der Waals surface area contributed by atoms with Gasteiger partial charge in [-0.2, -0.15) is 0 Å². The zero-order valence-electron chi connectivity index (χ0n) is 13.2. The summed E-state index contributed by atoms with van der Waals surface area (Å²) in [5.41, 5.74) is 4.14. The summed E-state index contributed by atoms with van der Waals surface area (Å²) in [7, 11) is 0. The van der Waals surface area contributed by atoms with Gasteiger partial charge in [0.15, 0.2) is 0 Å². The summed E-state index contributed by atoms with van der Waals surface area (Å²) < 4.78 is 0. The molecule has 0 saturated carbocycles. The van der Waals surface area contributed by atoms with Crippen molar-refractivity contribution in [3.8, 4) is 11.3 Å². The van der Waals surface area contributed by atoms with Crippen LogP contribution in [-0.4, -0.2) is 16.1 Å². The summed E-state index contributed by atoms with van der Waals surface area (Å²) in [5, 5.41) is 6.08. The molecule has 1 aliphatic rings. The van der Waals surface area contributed by atoms with E-state index in [4.69, 9.17) is 0 Å². The maximum Gasteiger partial charge on any atom is 0.238 e. The predicted molar refractivity (Wildman–Crippen MR) is 101 cm³/mol. The fourth-order valence-electron chi connectivity index (χ4n) is 2.77. The van der Waals surface area contributed by atoms with E-state index in [-0.39, 0.29) is 11.2 Å². The minimum Gasteiger partial charge on any atom is -0.325 e. The van der Waals surface area contributed by atoms with E-state index in [9.17, 15) is 4.79 Å². The summed E-state index contributed by atoms with van der Waals surface area (Å²) >= 11 is 3.29. The van der Waals surface area contributed by atoms with E-state index in [1.807, 2.05) is 43.3 Å². The average molecular weight is 352 g/mol. The maximum absolute atomic E-state index is 12.5. The van der Waals surface area contributed by atoms with Crippen molar-refractivity contribution in [2.24, 2.45) is 0 Å². The molecule has 1 aromatic heterocycles. The number of carbonyl (C=O) groups excluding carboxylic acids is 1. The topological polar surface area (TPSA) is 42.0 Å². The van der Waals surface area contributed by atoms with E-state index in [0.717, 1.165) is 28.4 Å². The molecule has 1 aliphatic heterocycles. The molecule has 1 N–H and O–H groups in total. The number of amides is 1. The number of fused-ring (bicyclic) bond motifs is 1. The molecule has 1 unspecified atom stereocenters. The standard InChI is InChI=1S/C19H16N2OS2/c1-12-20-16(11-23-12)13-6-8-15(9-7-13)21-19(22)18-10-14-4-2-3-5-17(14)24-18/h2-9,11,18H,10H2,1H3,(H,21,22). The van der Waals surface area contributed by atoms with Crippen LogP contribution in [0.25, 0.3) is 11.3 Å². The van der Waals surface area contributed by atoms with Gasteiger partial charge in [-0.1, -0.05) is 30.3 Å². The number of hydrogen-bond acceptors (Lipinski definition) is 4. The first-order valence-electron chi connectivity index (χ1n) is 7.77. The third kappa shape index (κ3) is 3.09. The molecular formula is C19H16N2OS2. The number of carbonyl (C=O) groups is 1. The Balaban J connectivity index is 1.43. The fourth-order valence-corrected chi connectivity index (χ4v) is 4.59.